The third kappa shape index (κ3) is 7.89. The van der Waals surface area contributed by atoms with Gasteiger partial charge in [0, 0.05) is 31.2 Å². The zero-order valence-corrected chi connectivity index (χ0v) is 25.8. The molecule has 15 nitrogen and oxygen atoms in total. The summed E-state index contributed by atoms with van der Waals surface area (Å²) in [7, 11) is 2.51. The van der Waals surface area contributed by atoms with E-state index in [4.69, 9.17) is 28.4 Å². The van der Waals surface area contributed by atoms with Gasteiger partial charge in [0.15, 0.2) is 23.0 Å². The lowest BCUT2D eigenvalue weighted by atomic mass is 9.99. The molecule has 5 unspecified atom stereocenters. The summed E-state index contributed by atoms with van der Waals surface area (Å²) in [5.74, 6) is -4.30. The summed E-state index contributed by atoms with van der Waals surface area (Å²) < 4.78 is 32.7. The molecule has 0 aromatic heterocycles. The monoisotopic (exact) mass is 659 g/mol. The van der Waals surface area contributed by atoms with Crippen LogP contribution in [0, 0.1) is 0 Å². The summed E-state index contributed by atoms with van der Waals surface area (Å²) in [6.45, 7) is 1.48. The number of carboxylic acid groups (broad SMARTS) is 1. The lowest BCUT2D eigenvalue weighted by Crippen LogP contribution is -2.60. The maximum atomic E-state index is 13.1. The van der Waals surface area contributed by atoms with Crippen molar-refractivity contribution in [1.29, 1.82) is 0 Å². The van der Waals surface area contributed by atoms with E-state index in [0.29, 0.717) is 13.0 Å². The van der Waals surface area contributed by atoms with Crippen molar-refractivity contribution >= 4 is 17.6 Å². The Bertz CT molecular complexity index is 1550. The number of aromatic carboxylic acids is 1. The van der Waals surface area contributed by atoms with Crippen LogP contribution in [0.25, 0.3) is 0 Å². The van der Waals surface area contributed by atoms with Crippen molar-refractivity contribution < 1.29 is 68.6 Å². The Kier molecular flexibility index (Phi) is 11.6. The van der Waals surface area contributed by atoms with Gasteiger partial charge >= 0.3 is 11.9 Å². The van der Waals surface area contributed by atoms with E-state index < -0.39 is 72.1 Å². The fourth-order valence-corrected chi connectivity index (χ4v) is 4.82. The molecule has 0 radical (unpaired) electrons. The molecule has 0 amide bonds. The first-order valence-corrected chi connectivity index (χ1v) is 14.5. The number of rotatable bonds is 14. The molecule has 1 heterocycles. The molecule has 0 aliphatic carbocycles. The van der Waals surface area contributed by atoms with Gasteiger partial charge in [0.25, 0.3) is 0 Å². The molecule has 0 spiro atoms. The number of hydrogen-bond donors (Lipinski definition) is 7. The van der Waals surface area contributed by atoms with Crippen molar-refractivity contribution in [3.05, 3.63) is 65.2 Å². The number of nitrogens with one attached hydrogen (secondary N) is 1. The number of aliphatic hydroxyl groups is 3. The smallest absolute Gasteiger partial charge is 0.342 e. The zero-order chi connectivity index (χ0) is 34.2. The highest BCUT2D eigenvalue weighted by molar-refractivity contribution is 5.96. The topological polar surface area (TPSA) is 223 Å². The highest BCUT2D eigenvalue weighted by atomic mass is 16.7. The number of benzene rings is 3. The van der Waals surface area contributed by atoms with Crippen LogP contribution in [0.5, 0.6) is 34.5 Å². The molecule has 254 valence electrons. The molecule has 7 N–H and O–H groups in total. The number of carbonyl (C=O) groups is 2. The Morgan fingerprint density at radius 3 is 2.19 bits per heavy atom. The first-order chi connectivity index (χ1) is 22.5. The lowest BCUT2D eigenvalue weighted by molar-refractivity contribution is -0.277. The van der Waals surface area contributed by atoms with Gasteiger partial charge < -0.3 is 64.4 Å². The van der Waals surface area contributed by atoms with E-state index in [-0.39, 0.29) is 35.1 Å². The van der Waals surface area contributed by atoms with Crippen molar-refractivity contribution in [2.75, 3.05) is 39.3 Å². The third-order valence-electron chi connectivity index (χ3n) is 7.31. The number of phenolic OH excluding ortho intramolecular Hbond substituents is 2. The minimum Gasteiger partial charge on any atom is -0.504 e. The van der Waals surface area contributed by atoms with E-state index in [2.05, 4.69) is 5.32 Å². The molecule has 5 atom stereocenters. The Balaban J connectivity index is 1.50. The average Bonchev–Trinajstić information content (AvgIpc) is 3.06. The van der Waals surface area contributed by atoms with Crippen LogP contribution in [0.15, 0.2) is 48.5 Å². The van der Waals surface area contributed by atoms with Gasteiger partial charge in [-0.25, -0.2) is 9.59 Å². The second-order valence-electron chi connectivity index (χ2n) is 10.4. The van der Waals surface area contributed by atoms with Crippen LogP contribution < -0.4 is 24.3 Å². The van der Waals surface area contributed by atoms with Crippen LogP contribution in [0.4, 0.5) is 5.69 Å². The number of carbonyl (C=O) groups excluding carboxylic acids is 1. The molecule has 1 aliphatic heterocycles. The number of phenols is 2. The number of ether oxygens (including phenoxy) is 6. The number of aliphatic hydroxyl groups excluding tert-OH is 3. The van der Waals surface area contributed by atoms with E-state index in [1.807, 2.05) is 30.3 Å². The van der Waals surface area contributed by atoms with Crippen LogP contribution in [0.3, 0.4) is 0 Å². The average molecular weight is 660 g/mol. The Morgan fingerprint density at radius 1 is 0.872 bits per heavy atom. The van der Waals surface area contributed by atoms with Crippen LogP contribution in [-0.2, 0) is 15.9 Å². The maximum absolute atomic E-state index is 13.1. The Labute approximate surface area is 269 Å². The number of hydrogen-bond acceptors (Lipinski definition) is 14. The van der Waals surface area contributed by atoms with Gasteiger partial charge in [-0.15, -0.1) is 0 Å². The molecular formula is C32H37NO14. The molecule has 3 aromatic carbocycles. The number of carboxylic acids is 1. The van der Waals surface area contributed by atoms with E-state index in [1.54, 1.807) is 6.92 Å². The van der Waals surface area contributed by atoms with Gasteiger partial charge in [-0.3, -0.25) is 0 Å². The maximum Gasteiger partial charge on any atom is 0.342 e. The van der Waals surface area contributed by atoms with Crippen molar-refractivity contribution in [3.8, 4) is 34.5 Å². The Hall–Kier alpha value is -4.96. The van der Waals surface area contributed by atoms with Gasteiger partial charge in [0.1, 0.15) is 36.6 Å². The molecule has 1 fully saturated rings. The van der Waals surface area contributed by atoms with Crippen LogP contribution >= 0.6 is 0 Å². The predicted molar refractivity (Wildman–Crippen MR) is 164 cm³/mol. The minimum atomic E-state index is -1.82. The standard InChI is InChI=1S/C32H37NO14/c1-4-33-19-14-21(20(42-2)12-17(19)30(39)40)46-32-28(38)27(37)25(35)23(47-32)15-45-31(41)18-13-22(43-3)26(36)29(24(18)34)44-11-10-16-8-6-5-7-9-16/h5-9,12-14,23,25,27-28,32-38H,4,10-11,15H2,1-3H3,(H,39,40). The largest absolute Gasteiger partial charge is 0.504 e. The predicted octanol–water partition coefficient (Wildman–Crippen LogP) is 1.91. The molecule has 47 heavy (non-hydrogen) atoms. The van der Waals surface area contributed by atoms with Gasteiger partial charge in [-0.05, 0) is 12.5 Å². The highest BCUT2D eigenvalue weighted by Gasteiger charge is 2.46. The molecule has 1 aliphatic rings. The third-order valence-corrected chi connectivity index (χ3v) is 7.31. The number of esters is 1. The highest BCUT2D eigenvalue weighted by Crippen LogP contribution is 2.46. The second-order valence-corrected chi connectivity index (χ2v) is 10.4. The molecule has 0 saturated carbocycles. The minimum absolute atomic E-state index is 0.0259. The number of methoxy groups -OCH3 is 2. The van der Waals surface area contributed by atoms with Crippen LogP contribution in [-0.4, -0.2) is 107 Å². The summed E-state index contributed by atoms with van der Waals surface area (Å²) in [4.78, 5) is 24.8. The molecule has 0 bridgehead atoms. The lowest BCUT2D eigenvalue weighted by Gasteiger charge is -2.40. The normalized spacial score (nSPS) is 20.6. The van der Waals surface area contributed by atoms with Crippen molar-refractivity contribution in [3.63, 3.8) is 0 Å². The number of anilines is 1. The van der Waals surface area contributed by atoms with Gasteiger partial charge in [0.2, 0.25) is 17.8 Å². The first kappa shape index (κ1) is 34.9. The van der Waals surface area contributed by atoms with E-state index in [9.17, 15) is 40.2 Å². The van der Waals surface area contributed by atoms with Crippen LogP contribution in [0.2, 0.25) is 0 Å². The van der Waals surface area contributed by atoms with Gasteiger partial charge in [-0.1, -0.05) is 30.3 Å². The quantitative estimate of drug-likeness (QED) is 0.123. The fourth-order valence-electron chi connectivity index (χ4n) is 4.82. The summed E-state index contributed by atoms with van der Waals surface area (Å²) in [5.41, 5.74) is 0.565. The molecule has 1 saturated heterocycles. The van der Waals surface area contributed by atoms with E-state index in [1.165, 1.54) is 26.4 Å². The molecule has 3 aromatic rings. The van der Waals surface area contributed by atoms with Crippen molar-refractivity contribution in [2.24, 2.45) is 0 Å². The van der Waals surface area contributed by atoms with Crippen molar-refractivity contribution in [1.82, 2.24) is 0 Å². The van der Waals surface area contributed by atoms with Gasteiger partial charge in [-0.2, -0.15) is 0 Å². The zero-order valence-electron chi connectivity index (χ0n) is 25.8. The SMILES string of the molecule is CCNc1cc(OC2OC(COC(=O)c3cc(OC)c(O)c(OCCc4ccccc4)c3O)C(O)C(O)C2O)c(OC)cc1C(=O)O. The first-order valence-electron chi connectivity index (χ1n) is 14.5. The van der Waals surface area contributed by atoms with E-state index >= 15 is 0 Å². The fraction of sp³-hybridized carbons (Fsp3) is 0.375. The van der Waals surface area contributed by atoms with Crippen LogP contribution in [0.1, 0.15) is 33.2 Å². The summed E-state index contributed by atoms with van der Waals surface area (Å²) in [5, 5.41) is 65.6. The summed E-state index contributed by atoms with van der Waals surface area (Å²) >= 11 is 0. The second kappa shape index (κ2) is 15.6. The van der Waals surface area contributed by atoms with E-state index in [0.717, 1.165) is 11.6 Å². The molecule has 4 rings (SSSR count). The molecule has 15 heteroatoms. The summed E-state index contributed by atoms with van der Waals surface area (Å²) in [6.07, 6.45) is -8.00. The van der Waals surface area contributed by atoms with Gasteiger partial charge in [0.05, 0.1) is 32.1 Å². The van der Waals surface area contributed by atoms with Crippen molar-refractivity contribution in [2.45, 2.75) is 44.1 Å². The molecular weight excluding hydrogens is 622 g/mol. The number of aromatic hydroxyl groups is 2. The Morgan fingerprint density at radius 2 is 1.55 bits per heavy atom. The summed E-state index contributed by atoms with van der Waals surface area (Å²) in [6, 6.07) is 12.8.